The van der Waals surface area contributed by atoms with Crippen LogP contribution >= 0.6 is 0 Å². The Bertz CT molecular complexity index is 190. The fraction of sp³-hybridized carbons (Fsp3) is 0.750. The van der Waals surface area contributed by atoms with Gasteiger partial charge >= 0.3 is 12.0 Å². The highest BCUT2D eigenvalue weighted by Gasteiger charge is 2.11. The van der Waals surface area contributed by atoms with Crippen molar-refractivity contribution in [3.63, 3.8) is 0 Å². The monoisotopic (exact) mass is 203 g/mol. The van der Waals surface area contributed by atoms with Crippen LogP contribution in [0.15, 0.2) is 0 Å². The van der Waals surface area contributed by atoms with Gasteiger partial charge in [0.2, 0.25) is 0 Å². The van der Waals surface area contributed by atoms with Gasteiger partial charge in [0.1, 0.15) is 0 Å². The largest absolute Gasteiger partial charge is 0.480 e. The molecule has 1 heterocycles. The summed E-state index contributed by atoms with van der Waals surface area (Å²) in [7, 11) is 0. The second-order valence-corrected chi connectivity index (χ2v) is 2.98. The lowest BCUT2D eigenvalue weighted by Gasteiger charge is -2.24. The summed E-state index contributed by atoms with van der Waals surface area (Å²) in [6.07, 6.45) is 3.47. The van der Waals surface area contributed by atoms with Crippen molar-refractivity contribution in [2.45, 2.75) is 19.3 Å². The van der Waals surface area contributed by atoms with E-state index in [0.29, 0.717) is 0 Å². The van der Waals surface area contributed by atoms with Crippen molar-refractivity contribution >= 4 is 12.0 Å². The van der Waals surface area contributed by atoms with Crippen LogP contribution in [0.4, 0.5) is 4.79 Å². The lowest BCUT2D eigenvalue weighted by molar-refractivity contribution is -0.135. The quantitative estimate of drug-likeness (QED) is 0.537. The van der Waals surface area contributed by atoms with E-state index in [-0.39, 0.29) is 12.6 Å². The number of nitrogens with two attached hydrogens (primary N) is 2. The number of nitrogens with zero attached hydrogens (tertiary/aromatic N) is 1. The number of urea groups is 1. The first-order valence-electron chi connectivity index (χ1n) is 4.54. The van der Waals surface area contributed by atoms with Crippen molar-refractivity contribution in [2.24, 2.45) is 11.5 Å². The third-order valence-electron chi connectivity index (χ3n) is 1.84. The number of hydrogen-bond donors (Lipinski definition) is 3. The van der Waals surface area contributed by atoms with E-state index in [2.05, 4.69) is 5.73 Å². The molecule has 1 saturated heterocycles. The van der Waals surface area contributed by atoms with E-state index in [0.717, 1.165) is 25.9 Å². The normalized spacial score (nSPS) is 15.4. The first-order chi connectivity index (χ1) is 6.57. The predicted molar refractivity (Wildman–Crippen MR) is 51.7 cm³/mol. The molecule has 0 aromatic heterocycles. The minimum atomic E-state index is -0.968. The fourth-order valence-corrected chi connectivity index (χ4v) is 1.11. The minimum Gasteiger partial charge on any atom is -0.480 e. The van der Waals surface area contributed by atoms with Gasteiger partial charge in [-0.3, -0.25) is 4.79 Å². The number of carboxylic acid groups (broad SMARTS) is 1. The number of aliphatic carboxylic acids is 1. The molecule has 6 nitrogen and oxygen atoms in total. The maximum absolute atomic E-state index is 10.5. The molecule has 1 fully saturated rings. The topological polar surface area (TPSA) is 110 Å². The third-order valence-corrected chi connectivity index (χ3v) is 1.84. The SMILES string of the molecule is NC(=O)N1CCCCC1.NCC(=O)O. The predicted octanol–water partition coefficient (Wildman–Crippen LogP) is -0.419. The number of primary amides is 1. The molecule has 2 amide bonds. The van der Waals surface area contributed by atoms with Crippen LogP contribution in [0.3, 0.4) is 0 Å². The Morgan fingerprint density at radius 2 is 1.64 bits per heavy atom. The Morgan fingerprint density at radius 1 is 1.21 bits per heavy atom. The molecule has 1 aliphatic heterocycles. The summed E-state index contributed by atoms with van der Waals surface area (Å²) < 4.78 is 0. The minimum absolute atomic E-state index is 0.269. The van der Waals surface area contributed by atoms with Gasteiger partial charge in [-0.15, -0.1) is 0 Å². The maximum Gasteiger partial charge on any atom is 0.317 e. The summed E-state index contributed by atoms with van der Waals surface area (Å²) in [5.74, 6) is -0.968. The molecular formula is C8H17N3O3. The van der Waals surface area contributed by atoms with E-state index >= 15 is 0 Å². The van der Waals surface area contributed by atoms with Crippen LogP contribution in [0, 0.1) is 0 Å². The van der Waals surface area contributed by atoms with Crippen LogP contribution in [-0.4, -0.2) is 41.6 Å². The Morgan fingerprint density at radius 3 is 1.86 bits per heavy atom. The van der Waals surface area contributed by atoms with Crippen molar-refractivity contribution in [1.82, 2.24) is 4.90 Å². The van der Waals surface area contributed by atoms with Gasteiger partial charge in [-0.25, -0.2) is 4.79 Å². The van der Waals surface area contributed by atoms with Crippen LogP contribution in [-0.2, 0) is 4.79 Å². The fourth-order valence-electron chi connectivity index (χ4n) is 1.11. The first-order valence-corrected chi connectivity index (χ1v) is 4.54. The molecule has 0 saturated carbocycles. The van der Waals surface area contributed by atoms with Crippen molar-refractivity contribution in [2.75, 3.05) is 19.6 Å². The van der Waals surface area contributed by atoms with E-state index in [1.54, 1.807) is 4.90 Å². The Hall–Kier alpha value is -1.30. The molecule has 82 valence electrons. The average molecular weight is 203 g/mol. The lowest BCUT2D eigenvalue weighted by atomic mass is 10.1. The zero-order chi connectivity index (χ0) is 11.0. The standard InChI is InChI=1S/C6H12N2O.C2H5NO2/c7-6(9)8-4-2-1-3-5-8;3-1-2(4)5/h1-5H2,(H2,7,9);1,3H2,(H,4,5). The Balaban J connectivity index is 0.000000292. The van der Waals surface area contributed by atoms with Gasteiger partial charge < -0.3 is 21.5 Å². The number of carboxylic acids is 1. The summed E-state index contributed by atoms with van der Waals surface area (Å²) in [5.41, 5.74) is 9.63. The Kier molecular flexibility index (Phi) is 6.47. The van der Waals surface area contributed by atoms with Gasteiger partial charge in [-0.05, 0) is 19.3 Å². The van der Waals surface area contributed by atoms with Crippen molar-refractivity contribution in [3.8, 4) is 0 Å². The van der Waals surface area contributed by atoms with Crippen LogP contribution in [0.5, 0.6) is 0 Å². The third kappa shape index (κ3) is 6.24. The highest BCUT2D eigenvalue weighted by atomic mass is 16.4. The highest BCUT2D eigenvalue weighted by molar-refractivity contribution is 5.72. The second kappa shape index (κ2) is 7.14. The smallest absolute Gasteiger partial charge is 0.317 e. The highest BCUT2D eigenvalue weighted by Crippen LogP contribution is 2.06. The zero-order valence-electron chi connectivity index (χ0n) is 8.11. The molecule has 5 N–H and O–H groups in total. The first kappa shape index (κ1) is 12.7. The Labute approximate surface area is 82.9 Å². The van der Waals surface area contributed by atoms with Gasteiger partial charge in [-0.1, -0.05) is 0 Å². The summed E-state index contributed by atoms with van der Waals surface area (Å²) in [5, 5.41) is 7.60. The van der Waals surface area contributed by atoms with Crippen molar-refractivity contribution < 1.29 is 14.7 Å². The summed E-state index contributed by atoms with van der Waals surface area (Å²) in [6, 6.07) is -0.269. The van der Waals surface area contributed by atoms with Crippen LogP contribution in [0.25, 0.3) is 0 Å². The average Bonchev–Trinajstić information content (AvgIpc) is 2.20. The molecule has 1 rings (SSSR count). The van der Waals surface area contributed by atoms with E-state index in [1.165, 1.54) is 6.42 Å². The van der Waals surface area contributed by atoms with Gasteiger partial charge in [0, 0.05) is 13.1 Å². The molecule has 0 aromatic carbocycles. The van der Waals surface area contributed by atoms with Crippen molar-refractivity contribution in [3.05, 3.63) is 0 Å². The maximum atomic E-state index is 10.5. The number of rotatable bonds is 1. The van der Waals surface area contributed by atoms with Gasteiger partial charge in [0.15, 0.2) is 0 Å². The van der Waals surface area contributed by atoms with E-state index in [4.69, 9.17) is 10.8 Å². The number of hydrogen-bond acceptors (Lipinski definition) is 3. The molecular weight excluding hydrogens is 186 g/mol. The molecule has 0 radical (unpaired) electrons. The lowest BCUT2D eigenvalue weighted by Crippen LogP contribution is -2.39. The molecule has 0 unspecified atom stereocenters. The van der Waals surface area contributed by atoms with E-state index in [9.17, 15) is 9.59 Å². The van der Waals surface area contributed by atoms with Gasteiger partial charge in [-0.2, -0.15) is 0 Å². The van der Waals surface area contributed by atoms with Gasteiger partial charge in [0.25, 0.3) is 0 Å². The van der Waals surface area contributed by atoms with Crippen LogP contribution < -0.4 is 11.5 Å². The molecule has 0 bridgehead atoms. The molecule has 14 heavy (non-hydrogen) atoms. The van der Waals surface area contributed by atoms with E-state index in [1.807, 2.05) is 0 Å². The summed E-state index contributed by atoms with van der Waals surface area (Å²) in [4.78, 5) is 21.4. The van der Waals surface area contributed by atoms with Crippen LogP contribution in [0.1, 0.15) is 19.3 Å². The number of carbonyl (C=O) groups excluding carboxylic acids is 1. The summed E-state index contributed by atoms with van der Waals surface area (Å²) in [6.45, 7) is 1.44. The van der Waals surface area contributed by atoms with Crippen LogP contribution in [0.2, 0.25) is 0 Å². The number of carbonyl (C=O) groups is 2. The van der Waals surface area contributed by atoms with Gasteiger partial charge in [0.05, 0.1) is 6.54 Å². The number of likely N-dealkylation sites (tertiary alicyclic amines) is 1. The van der Waals surface area contributed by atoms with E-state index < -0.39 is 5.97 Å². The second-order valence-electron chi connectivity index (χ2n) is 2.98. The molecule has 6 heteroatoms. The number of amides is 2. The van der Waals surface area contributed by atoms with Crippen molar-refractivity contribution in [1.29, 1.82) is 0 Å². The molecule has 1 aliphatic rings. The molecule has 0 aromatic rings. The summed E-state index contributed by atoms with van der Waals surface area (Å²) >= 11 is 0. The molecule has 0 atom stereocenters. The number of piperidine rings is 1. The zero-order valence-corrected chi connectivity index (χ0v) is 8.11. The molecule has 0 aliphatic carbocycles. The molecule has 0 spiro atoms.